The summed E-state index contributed by atoms with van der Waals surface area (Å²) < 4.78 is 25.4. The van der Waals surface area contributed by atoms with Crippen molar-refractivity contribution in [2.24, 2.45) is 5.73 Å². The highest BCUT2D eigenvalue weighted by Gasteiger charge is 2.30. The molecule has 0 aromatic carbocycles. The van der Waals surface area contributed by atoms with Gasteiger partial charge in [-0.1, -0.05) is 12.8 Å². The molecule has 6 heteroatoms. The van der Waals surface area contributed by atoms with Crippen molar-refractivity contribution in [2.75, 3.05) is 5.75 Å². The van der Waals surface area contributed by atoms with Crippen LogP contribution in [0.4, 0.5) is 0 Å². The lowest BCUT2D eigenvalue weighted by atomic mass is 10.1. The van der Waals surface area contributed by atoms with E-state index < -0.39 is 9.84 Å². The van der Waals surface area contributed by atoms with Crippen LogP contribution in [0.5, 0.6) is 0 Å². The quantitative estimate of drug-likeness (QED) is 0.866. The fourth-order valence-electron chi connectivity index (χ4n) is 3.17. The Bertz CT molecular complexity index is 556. The lowest BCUT2D eigenvalue weighted by molar-refractivity contribution is 0.447. The number of aromatic nitrogens is 2. The van der Waals surface area contributed by atoms with Crippen molar-refractivity contribution in [1.82, 2.24) is 9.78 Å². The van der Waals surface area contributed by atoms with Crippen LogP contribution in [0.2, 0.25) is 0 Å². The molecule has 1 aliphatic heterocycles. The molecule has 1 saturated carbocycles. The Hall–Kier alpha value is -0.880. The first kappa shape index (κ1) is 12.2. The maximum absolute atomic E-state index is 11.7. The molecular weight excluding hydrogens is 250 g/mol. The fourth-order valence-corrected chi connectivity index (χ4v) is 4.47. The van der Waals surface area contributed by atoms with Crippen LogP contribution in [0.1, 0.15) is 48.7 Å². The molecule has 0 unspecified atom stereocenters. The van der Waals surface area contributed by atoms with E-state index in [1.807, 2.05) is 4.68 Å². The summed E-state index contributed by atoms with van der Waals surface area (Å²) in [5.41, 5.74) is 8.75. The average Bonchev–Trinajstić information content (AvgIpc) is 2.92. The van der Waals surface area contributed by atoms with Crippen LogP contribution in [-0.2, 0) is 28.6 Å². The van der Waals surface area contributed by atoms with Crippen LogP contribution in [0.15, 0.2) is 0 Å². The van der Waals surface area contributed by atoms with Crippen LogP contribution in [0, 0.1) is 0 Å². The van der Waals surface area contributed by atoms with Gasteiger partial charge in [-0.2, -0.15) is 5.10 Å². The Morgan fingerprint density at radius 3 is 2.72 bits per heavy atom. The first-order valence-corrected chi connectivity index (χ1v) is 8.42. The van der Waals surface area contributed by atoms with Crippen molar-refractivity contribution in [2.45, 2.75) is 50.4 Å². The normalized spacial score (nSPS) is 23.2. The Balaban J connectivity index is 2.03. The van der Waals surface area contributed by atoms with Gasteiger partial charge in [0.05, 0.1) is 28.9 Å². The Labute approximate surface area is 107 Å². The van der Waals surface area contributed by atoms with Gasteiger partial charge in [-0.15, -0.1) is 0 Å². The zero-order valence-electron chi connectivity index (χ0n) is 10.4. The summed E-state index contributed by atoms with van der Waals surface area (Å²) >= 11 is 0. The van der Waals surface area contributed by atoms with Gasteiger partial charge in [0, 0.05) is 6.54 Å². The Morgan fingerprint density at radius 2 is 2.06 bits per heavy atom. The third-order valence-corrected chi connectivity index (χ3v) is 5.62. The van der Waals surface area contributed by atoms with E-state index in [-0.39, 0.29) is 11.5 Å². The SMILES string of the molecule is NCc1c2c(nn1C1CCCC1)CS(=O)(=O)CC2. The first-order valence-electron chi connectivity index (χ1n) is 6.60. The third-order valence-electron chi connectivity index (χ3n) is 4.09. The third kappa shape index (κ3) is 1.97. The van der Waals surface area contributed by atoms with E-state index in [1.165, 1.54) is 12.8 Å². The van der Waals surface area contributed by atoms with E-state index in [9.17, 15) is 8.42 Å². The number of nitrogens with two attached hydrogens (primary N) is 1. The Morgan fingerprint density at radius 1 is 1.33 bits per heavy atom. The molecule has 3 rings (SSSR count). The van der Waals surface area contributed by atoms with Crippen molar-refractivity contribution >= 4 is 9.84 Å². The smallest absolute Gasteiger partial charge is 0.156 e. The van der Waals surface area contributed by atoms with Crippen LogP contribution < -0.4 is 5.73 Å². The summed E-state index contributed by atoms with van der Waals surface area (Å²) in [6, 6.07) is 0.428. The second kappa shape index (κ2) is 4.35. The molecule has 0 spiro atoms. The molecule has 0 bridgehead atoms. The standard InChI is InChI=1S/C12H19N3O2S/c13-7-12-10-5-6-18(16,17)8-11(10)14-15(12)9-3-1-2-4-9/h9H,1-8,13H2. The second-order valence-corrected chi connectivity index (χ2v) is 7.49. The first-order chi connectivity index (χ1) is 8.61. The summed E-state index contributed by atoms with van der Waals surface area (Å²) in [6.45, 7) is 0.457. The highest BCUT2D eigenvalue weighted by Crippen LogP contribution is 2.33. The molecule has 0 atom stereocenters. The zero-order valence-corrected chi connectivity index (χ0v) is 11.2. The number of hydrogen-bond acceptors (Lipinski definition) is 4. The highest BCUT2D eigenvalue weighted by atomic mass is 32.2. The largest absolute Gasteiger partial charge is 0.325 e. The maximum atomic E-state index is 11.7. The van der Waals surface area contributed by atoms with E-state index >= 15 is 0 Å². The van der Waals surface area contributed by atoms with Crippen LogP contribution in [-0.4, -0.2) is 24.0 Å². The highest BCUT2D eigenvalue weighted by molar-refractivity contribution is 7.90. The maximum Gasteiger partial charge on any atom is 0.156 e. The van der Waals surface area contributed by atoms with Gasteiger partial charge in [-0.3, -0.25) is 4.68 Å². The Kier molecular flexibility index (Phi) is 2.94. The number of fused-ring (bicyclic) bond motifs is 1. The van der Waals surface area contributed by atoms with Crippen molar-refractivity contribution in [3.8, 4) is 0 Å². The lowest BCUT2D eigenvalue weighted by Crippen LogP contribution is -2.19. The summed E-state index contributed by atoms with van der Waals surface area (Å²) in [5, 5.41) is 4.56. The van der Waals surface area contributed by atoms with E-state index in [2.05, 4.69) is 5.10 Å². The summed E-state index contributed by atoms with van der Waals surface area (Å²) in [4.78, 5) is 0. The minimum atomic E-state index is -2.95. The number of hydrogen-bond donors (Lipinski definition) is 1. The molecule has 100 valence electrons. The van der Waals surface area contributed by atoms with Crippen LogP contribution >= 0.6 is 0 Å². The fraction of sp³-hybridized carbons (Fsp3) is 0.750. The summed E-state index contributed by atoms with van der Waals surface area (Å²) in [7, 11) is -2.95. The van der Waals surface area contributed by atoms with E-state index in [1.54, 1.807) is 0 Å². The lowest BCUT2D eigenvalue weighted by Gasteiger charge is -2.14. The molecule has 2 N–H and O–H groups in total. The van der Waals surface area contributed by atoms with Crippen molar-refractivity contribution in [1.29, 1.82) is 0 Å². The van der Waals surface area contributed by atoms with Gasteiger partial charge in [0.25, 0.3) is 0 Å². The topological polar surface area (TPSA) is 78.0 Å². The zero-order chi connectivity index (χ0) is 12.8. The summed E-state index contributed by atoms with van der Waals surface area (Å²) in [6.07, 6.45) is 5.33. The van der Waals surface area contributed by atoms with E-state index in [4.69, 9.17) is 5.73 Å². The molecule has 2 heterocycles. The van der Waals surface area contributed by atoms with E-state index in [0.717, 1.165) is 29.8 Å². The van der Waals surface area contributed by atoms with Gasteiger partial charge < -0.3 is 5.73 Å². The van der Waals surface area contributed by atoms with Crippen LogP contribution in [0.25, 0.3) is 0 Å². The minimum absolute atomic E-state index is 0.0923. The van der Waals surface area contributed by atoms with Gasteiger partial charge >= 0.3 is 0 Å². The number of nitrogens with zero attached hydrogens (tertiary/aromatic N) is 2. The minimum Gasteiger partial charge on any atom is -0.325 e. The van der Waals surface area contributed by atoms with Crippen LogP contribution in [0.3, 0.4) is 0 Å². The average molecular weight is 269 g/mol. The van der Waals surface area contributed by atoms with Gasteiger partial charge in [-0.25, -0.2) is 8.42 Å². The molecule has 1 aliphatic carbocycles. The predicted octanol–water partition coefficient (Wildman–Crippen LogP) is 0.928. The predicted molar refractivity (Wildman–Crippen MR) is 68.8 cm³/mol. The molecule has 0 saturated heterocycles. The molecule has 1 aromatic rings. The van der Waals surface area contributed by atoms with Crippen molar-refractivity contribution < 1.29 is 8.42 Å². The van der Waals surface area contributed by atoms with Crippen molar-refractivity contribution in [3.05, 3.63) is 17.0 Å². The monoisotopic (exact) mass is 269 g/mol. The van der Waals surface area contributed by atoms with Gasteiger partial charge in [-0.05, 0) is 24.8 Å². The molecule has 0 radical (unpaired) electrons. The second-order valence-electron chi connectivity index (χ2n) is 5.30. The van der Waals surface area contributed by atoms with Crippen molar-refractivity contribution in [3.63, 3.8) is 0 Å². The number of rotatable bonds is 2. The molecular formula is C12H19N3O2S. The molecule has 1 fully saturated rings. The molecule has 5 nitrogen and oxygen atoms in total. The van der Waals surface area contributed by atoms with E-state index in [0.29, 0.717) is 19.0 Å². The molecule has 2 aliphatic rings. The molecule has 18 heavy (non-hydrogen) atoms. The van der Waals surface area contributed by atoms with Gasteiger partial charge in [0.15, 0.2) is 9.84 Å². The molecule has 0 amide bonds. The molecule has 1 aromatic heterocycles. The van der Waals surface area contributed by atoms with Gasteiger partial charge in [0.1, 0.15) is 0 Å². The summed E-state index contributed by atoms with van der Waals surface area (Å²) in [5.74, 6) is 0.332. The number of sulfone groups is 1. The van der Waals surface area contributed by atoms with Gasteiger partial charge in [0.2, 0.25) is 0 Å².